The smallest absolute Gasteiger partial charge is 0.104 e. The first-order valence-corrected chi connectivity index (χ1v) is 3.65. The van der Waals surface area contributed by atoms with Crippen LogP contribution in [0.2, 0.25) is 0 Å². The van der Waals surface area contributed by atoms with Crippen molar-refractivity contribution >= 4 is 0 Å². The van der Waals surface area contributed by atoms with Crippen LogP contribution in [0.25, 0.3) is 0 Å². The molecule has 0 amide bonds. The van der Waals surface area contributed by atoms with Crippen molar-refractivity contribution in [3.05, 3.63) is 0 Å². The van der Waals surface area contributed by atoms with Gasteiger partial charge in [0.05, 0.1) is 0 Å². The average molecular weight is 130 g/mol. The average Bonchev–Trinajstić information content (AvgIpc) is 2.65. The second-order valence-corrected chi connectivity index (χ2v) is 2.88. The molecule has 0 saturated heterocycles. The summed E-state index contributed by atoms with van der Waals surface area (Å²) < 4.78 is 0. The SMILES string of the molecule is CCCCC1(OO)CC1. The van der Waals surface area contributed by atoms with Gasteiger partial charge in [-0.1, -0.05) is 19.8 Å². The van der Waals surface area contributed by atoms with Gasteiger partial charge in [0, 0.05) is 0 Å². The summed E-state index contributed by atoms with van der Waals surface area (Å²) in [6.07, 6.45) is 5.47. The Morgan fingerprint density at radius 1 is 1.56 bits per heavy atom. The van der Waals surface area contributed by atoms with E-state index in [1.807, 2.05) is 0 Å². The third kappa shape index (κ3) is 1.66. The largest absolute Gasteiger partial charge is 0.251 e. The highest BCUT2D eigenvalue weighted by molar-refractivity contribution is 4.93. The maximum Gasteiger partial charge on any atom is 0.104 e. The molecule has 0 aromatic rings. The van der Waals surface area contributed by atoms with Crippen LogP contribution < -0.4 is 0 Å². The van der Waals surface area contributed by atoms with Crippen LogP contribution in [0.4, 0.5) is 0 Å². The molecule has 0 aromatic carbocycles. The van der Waals surface area contributed by atoms with E-state index in [2.05, 4.69) is 11.8 Å². The normalized spacial score (nSPS) is 22.0. The van der Waals surface area contributed by atoms with E-state index in [1.54, 1.807) is 0 Å². The van der Waals surface area contributed by atoms with Gasteiger partial charge in [-0.2, -0.15) is 0 Å². The van der Waals surface area contributed by atoms with E-state index in [0.29, 0.717) is 0 Å². The predicted octanol–water partition coefficient (Wildman–Crippen LogP) is 2.20. The first kappa shape index (κ1) is 7.03. The Bertz CT molecular complexity index is 86.9. The van der Waals surface area contributed by atoms with Crippen molar-refractivity contribution in [1.29, 1.82) is 0 Å². The minimum atomic E-state index is -0.101. The fourth-order valence-corrected chi connectivity index (χ4v) is 1.03. The predicted molar refractivity (Wildman–Crippen MR) is 35.2 cm³/mol. The van der Waals surface area contributed by atoms with E-state index < -0.39 is 0 Å². The molecule has 0 aromatic heterocycles. The molecule has 1 aliphatic carbocycles. The van der Waals surface area contributed by atoms with Crippen LogP contribution in [0.5, 0.6) is 0 Å². The summed E-state index contributed by atoms with van der Waals surface area (Å²) >= 11 is 0. The molecule has 2 heteroatoms. The summed E-state index contributed by atoms with van der Waals surface area (Å²) in [5, 5.41) is 8.38. The molecule has 0 heterocycles. The van der Waals surface area contributed by atoms with Gasteiger partial charge in [0.25, 0.3) is 0 Å². The van der Waals surface area contributed by atoms with Crippen LogP contribution >= 0.6 is 0 Å². The van der Waals surface area contributed by atoms with E-state index in [0.717, 1.165) is 19.3 Å². The summed E-state index contributed by atoms with van der Waals surface area (Å²) in [7, 11) is 0. The van der Waals surface area contributed by atoms with Crippen molar-refractivity contribution in [3.8, 4) is 0 Å². The number of hydrogen-bond acceptors (Lipinski definition) is 2. The van der Waals surface area contributed by atoms with Gasteiger partial charge in [-0.3, -0.25) is 5.26 Å². The lowest BCUT2D eigenvalue weighted by Gasteiger charge is -2.08. The van der Waals surface area contributed by atoms with Gasteiger partial charge in [-0.25, -0.2) is 4.89 Å². The van der Waals surface area contributed by atoms with Crippen LogP contribution in [0.1, 0.15) is 39.0 Å². The highest BCUT2D eigenvalue weighted by Gasteiger charge is 2.43. The van der Waals surface area contributed by atoms with Crippen LogP contribution in [0.15, 0.2) is 0 Å². The summed E-state index contributed by atoms with van der Waals surface area (Å²) in [5.41, 5.74) is -0.101. The Balaban J connectivity index is 2.10. The molecule has 0 radical (unpaired) electrons. The van der Waals surface area contributed by atoms with Crippen LogP contribution in [-0.4, -0.2) is 10.9 Å². The van der Waals surface area contributed by atoms with Gasteiger partial charge in [0.15, 0.2) is 0 Å². The van der Waals surface area contributed by atoms with Gasteiger partial charge in [0.2, 0.25) is 0 Å². The molecule has 0 unspecified atom stereocenters. The molecular formula is C7H14O2. The Hall–Kier alpha value is -0.0800. The summed E-state index contributed by atoms with van der Waals surface area (Å²) in [6.45, 7) is 2.15. The molecule has 0 spiro atoms. The molecule has 1 aliphatic rings. The monoisotopic (exact) mass is 130 g/mol. The summed E-state index contributed by atoms with van der Waals surface area (Å²) in [4.78, 5) is 4.35. The molecule has 2 nitrogen and oxygen atoms in total. The standard InChI is InChI=1S/C7H14O2/c1-2-3-4-7(9-8)5-6-7/h8H,2-6H2,1H3. The van der Waals surface area contributed by atoms with E-state index in [9.17, 15) is 0 Å². The molecular weight excluding hydrogens is 116 g/mol. The third-order valence-electron chi connectivity index (χ3n) is 1.99. The van der Waals surface area contributed by atoms with Gasteiger partial charge in [-0.15, -0.1) is 0 Å². The molecule has 1 N–H and O–H groups in total. The first-order valence-electron chi connectivity index (χ1n) is 3.65. The molecule has 1 fully saturated rings. The maximum absolute atomic E-state index is 8.38. The third-order valence-corrected chi connectivity index (χ3v) is 1.99. The van der Waals surface area contributed by atoms with Crippen LogP contribution in [0.3, 0.4) is 0 Å². The van der Waals surface area contributed by atoms with Crippen LogP contribution in [0, 0.1) is 0 Å². The van der Waals surface area contributed by atoms with E-state index in [-0.39, 0.29) is 5.60 Å². The fraction of sp³-hybridized carbons (Fsp3) is 1.00. The zero-order valence-electron chi connectivity index (χ0n) is 5.89. The molecule has 9 heavy (non-hydrogen) atoms. The minimum absolute atomic E-state index is 0.101. The highest BCUT2D eigenvalue weighted by atomic mass is 17.1. The van der Waals surface area contributed by atoms with E-state index in [4.69, 9.17) is 5.26 Å². The van der Waals surface area contributed by atoms with E-state index >= 15 is 0 Å². The quantitative estimate of drug-likeness (QED) is 0.467. The van der Waals surface area contributed by atoms with E-state index in [1.165, 1.54) is 12.8 Å². The summed E-state index contributed by atoms with van der Waals surface area (Å²) in [6, 6.07) is 0. The zero-order chi connectivity index (χ0) is 6.74. The van der Waals surface area contributed by atoms with Gasteiger partial charge in [0.1, 0.15) is 5.60 Å². The van der Waals surface area contributed by atoms with Crippen molar-refractivity contribution in [2.45, 2.75) is 44.6 Å². The Kier molecular flexibility index (Phi) is 2.09. The van der Waals surface area contributed by atoms with Gasteiger partial charge < -0.3 is 0 Å². The Morgan fingerprint density at radius 2 is 2.22 bits per heavy atom. The molecule has 54 valence electrons. The molecule has 1 rings (SSSR count). The molecule has 1 saturated carbocycles. The van der Waals surface area contributed by atoms with Gasteiger partial charge in [-0.05, 0) is 19.3 Å². The first-order chi connectivity index (χ1) is 4.33. The Morgan fingerprint density at radius 3 is 2.56 bits per heavy atom. The number of unbranched alkanes of at least 4 members (excludes halogenated alkanes) is 1. The molecule has 0 atom stereocenters. The lowest BCUT2D eigenvalue weighted by molar-refractivity contribution is -0.292. The molecule has 0 bridgehead atoms. The lowest BCUT2D eigenvalue weighted by atomic mass is 10.1. The maximum atomic E-state index is 8.38. The fourth-order valence-electron chi connectivity index (χ4n) is 1.03. The second-order valence-electron chi connectivity index (χ2n) is 2.88. The van der Waals surface area contributed by atoms with Gasteiger partial charge >= 0.3 is 0 Å². The lowest BCUT2D eigenvalue weighted by Crippen LogP contribution is -2.10. The second kappa shape index (κ2) is 2.67. The zero-order valence-corrected chi connectivity index (χ0v) is 5.89. The van der Waals surface area contributed by atoms with Crippen molar-refractivity contribution in [3.63, 3.8) is 0 Å². The Labute approximate surface area is 55.8 Å². The topological polar surface area (TPSA) is 29.5 Å². The minimum Gasteiger partial charge on any atom is -0.251 e. The van der Waals surface area contributed by atoms with Crippen molar-refractivity contribution in [2.75, 3.05) is 0 Å². The molecule has 0 aliphatic heterocycles. The van der Waals surface area contributed by atoms with Crippen molar-refractivity contribution < 1.29 is 10.1 Å². The van der Waals surface area contributed by atoms with Crippen LogP contribution in [-0.2, 0) is 4.89 Å². The van der Waals surface area contributed by atoms with Crippen molar-refractivity contribution in [2.24, 2.45) is 0 Å². The number of hydrogen-bond donors (Lipinski definition) is 1. The summed E-state index contributed by atoms with van der Waals surface area (Å²) in [5.74, 6) is 0. The highest BCUT2D eigenvalue weighted by Crippen LogP contribution is 2.42. The van der Waals surface area contributed by atoms with Crippen molar-refractivity contribution in [1.82, 2.24) is 0 Å². The number of rotatable bonds is 4.